The van der Waals surface area contributed by atoms with Crippen molar-refractivity contribution in [2.24, 2.45) is 0 Å². The molecule has 0 unspecified atom stereocenters. The molecule has 1 rings (SSSR count). The van der Waals surface area contributed by atoms with E-state index < -0.39 is 17.7 Å². The van der Waals surface area contributed by atoms with Crippen LogP contribution < -0.4 is 14.2 Å². The van der Waals surface area contributed by atoms with Gasteiger partial charge in [-0.05, 0) is 0 Å². The SMILES string of the molecule is COC(=O)/C=C(/Oc1nc(OC)cc(OC)n1)C(=O)OC. The number of aromatic nitrogens is 2. The highest BCUT2D eigenvalue weighted by Gasteiger charge is 2.18. The van der Waals surface area contributed by atoms with Gasteiger partial charge in [0.15, 0.2) is 0 Å². The minimum absolute atomic E-state index is 0.152. The predicted molar refractivity (Wildman–Crippen MR) is 67.9 cm³/mol. The van der Waals surface area contributed by atoms with Crippen LogP contribution in [0.5, 0.6) is 17.8 Å². The lowest BCUT2D eigenvalue weighted by Gasteiger charge is -2.08. The van der Waals surface area contributed by atoms with E-state index in [4.69, 9.17) is 14.2 Å². The van der Waals surface area contributed by atoms with E-state index in [0.717, 1.165) is 20.3 Å². The molecule has 0 aromatic carbocycles. The molecule has 0 amide bonds. The van der Waals surface area contributed by atoms with Gasteiger partial charge in [0.05, 0.1) is 40.6 Å². The molecule has 0 bridgehead atoms. The largest absolute Gasteiger partial charge is 0.481 e. The molecule has 0 aliphatic rings. The third kappa shape index (κ3) is 4.64. The Morgan fingerprint density at radius 1 is 1.00 bits per heavy atom. The van der Waals surface area contributed by atoms with E-state index in [0.29, 0.717) is 0 Å². The van der Waals surface area contributed by atoms with Crippen LogP contribution in [-0.2, 0) is 19.1 Å². The zero-order valence-corrected chi connectivity index (χ0v) is 11.9. The van der Waals surface area contributed by atoms with Crippen LogP contribution >= 0.6 is 0 Å². The first-order valence-electron chi connectivity index (χ1n) is 5.57. The van der Waals surface area contributed by atoms with Gasteiger partial charge in [0, 0.05) is 0 Å². The number of nitrogens with zero attached hydrogens (tertiary/aromatic N) is 2. The van der Waals surface area contributed by atoms with Gasteiger partial charge >= 0.3 is 17.9 Å². The van der Waals surface area contributed by atoms with Crippen LogP contribution in [0.2, 0.25) is 0 Å². The highest BCUT2D eigenvalue weighted by atomic mass is 16.6. The molecule has 0 radical (unpaired) electrons. The average molecular weight is 298 g/mol. The van der Waals surface area contributed by atoms with Crippen LogP contribution in [0.15, 0.2) is 17.9 Å². The van der Waals surface area contributed by atoms with E-state index in [9.17, 15) is 9.59 Å². The number of rotatable bonds is 6. The Hall–Kier alpha value is -2.84. The van der Waals surface area contributed by atoms with Crippen LogP contribution in [0, 0.1) is 0 Å². The Morgan fingerprint density at radius 2 is 1.57 bits per heavy atom. The van der Waals surface area contributed by atoms with Crippen molar-refractivity contribution in [3.63, 3.8) is 0 Å². The second-order valence-electron chi connectivity index (χ2n) is 3.36. The van der Waals surface area contributed by atoms with E-state index in [1.807, 2.05) is 0 Å². The quantitative estimate of drug-likeness (QED) is 0.410. The number of carbonyl (C=O) groups is 2. The molecule has 9 nitrogen and oxygen atoms in total. The maximum Gasteiger partial charge on any atom is 0.374 e. The van der Waals surface area contributed by atoms with Gasteiger partial charge in [0.25, 0.3) is 0 Å². The van der Waals surface area contributed by atoms with Crippen LogP contribution in [0.4, 0.5) is 0 Å². The summed E-state index contributed by atoms with van der Waals surface area (Å²) in [5.41, 5.74) is 0. The highest BCUT2D eigenvalue weighted by Crippen LogP contribution is 2.20. The Balaban J connectivity index is 3.11. The first-order valence-corrected chi connectivity index (χ1v) is 5.57. The number of methoxy groups -OCH3 is 4. The molecule has 0 aliphatic carbocycles. The number of ether oxygens (including phenoxy) is 5. The van der Waals surface area contributed by atoms with Crippen molar-refractivity contribution < 1.29 is 33.3 Å². The lowest BCUT2D eigenvalue weighted by Crippen LogP contribution is -2.15. The Bertz CT molecular complexity index is 534. The standard InChI is InChI=1S/C12H14N2O7/c1-17-8-6-9(18-2)14-12(13-8)21-7(11(16)20-4)5-10(15)19-3/h5-6H,1-4H3/b7-5+. The first-order chi connectivity index (χ1) is 10.0. The van der Waals surface area contributed by atoms with E-state index in [1.165, 1.54) is 20.3 Å². The lowest BCUT2D eigenvalue weighted by atomic mass is 10.4. The molecule has 0 aliphatic heterocycles. The van der Waals surface area contributed by atoms with E-state index in [1.54, 1.807) is 0 Å². The van der Waals surface area contributed by atoms with Gasteiger partial charge in [-0.15, -0.1) is 0 Å². The van der Waals surface area contributed by atoms with E-state index in [2.05, 4.69) is 19.4 Å². The summed E-state index contributed by atoms with van der Waals surface area (Å²) in [6.07, 6.45) is 0.807. The lowest BCUT2D eigenvalue weighted by molar-refractivity contribution is -0.140. The fraction of sp³-hybridized carbons (Fsp3) is 0.333. The van der Waals surface area contributed by atoms with Crippen molar-refractivity contribution in [3.8, 4) is 17.8 Å². The number of hydrogen-bond donors (Lipinski definition) is 0. The van der Waals surface area contributed by atoms with Crippen LogP contribution in [0.3, 0.4) is 0 Å². The van der Waals surface area contributed by atoms with Crippen LogP contribution in [0.1, 0.15) is 0 Å². The molecule has 0 atom stereocenters. The normalized spacial score (nSPS) is 10.6. The summed E-state index contributed by atoms with van der Waals surface area (Å²) in [5, 5.41) is 0. The zero-order chi connectivity index (χ0) is 15.8. The van der Waals surface area contributed by atoms with Crippen molar-refractivity contribution in [2.45, 2.75) is 0 Å². The molecule has 114 valence electrons. The fourth-order valence-electron chi connectivity index (χ4n) is 1.13. The Kier molecular flexibility index (Phi) is 5.93. The topological polar surface area (TPSA) is 106 Å². The maximum absolute atomic E-state index is 11.5. The summed E-state index contributed by atoms with van der Waals surface area (Å²) in [6.45, 7) is 0. The summed E-state index contributed by atoms with van der Waals surface area (Å²) in [4.78, 5) is 30.4. The van der Waals surface area contributed by atoms with Gasteiger partial charge in [0.2, 0.25) is 17.5 Å². The summed E-state index contributed by atoms with van der Waals surface area (Å²) in [5.74, 6) is -1.84. The summed E-state index contributed by atoms with van der Waals surface area (Å²) < 4.78 is 23.9. The molecular formula is C12H14N2O7. The second kappa shape index (κ2) is 7.68. The molecule has 0 fully saturated rings. The zero-order valence-electron chi connectivity index (χ0n) is 11.9. The van der Waals surface area contributed by atoms with Gasteiger partial charge in [-0.1, -0.05) is 0 Å². The minimum atomic E-state index is -0.897. The smallest absolute Gasteiger partial charge is 0.374 e. The van der Waals surface area contributed by atoms with Crippen molar-refractivity contribution in [3.05, 3.63) is 17.9 Å². The van der Waals surface area contributed by atoms with Crippen molar-refractivity contribution in [1.82, 2.24) is 9.97 Å². The molecule has 0 spiro atoms. The maximum atomic E-state index is 11.5. The number of carbonyl (C=O) groups excluding carboxylic acids is 2. The number of hydrogen-bond acceptors (Lipinski definition) is 9. The van der Waals surface area contributed by atoms with Gasteiger partial charge in [-0.3, -0.25) is 0 Å². The molecule has 9 heteroatoms. The van der Waals surface area contributed by atoms with Crippen LogP contribution in [0.25, 0.3) is 0 Å². The Labute approximate surface area is 120 Å². The highest BCUT2D eigenvalue weighted by molar-refractivity contribution is 5.94. The Morgan fingerprint density at radius 3 is 2.00 bits per heavy atom. The molecule has 0 N–H and O–H groups in total. The molecule has 0 saturated heterocycles. The predicted octanol–water partition coefficient (Wildman–Crippen LogP) is 0.102. The van der Waals surface area contributed by atoms with Crippen molar-refractivity contribution in [2.75, 3.05) is 28.4 Å². The van der Waals surface area contributed by atoms with E-state index >= 15 is 0 Å². The summed E-state index contributed by atoms with van der Waals surface area (Å²) in [6, 6.07) is 1.15. The first kappa shape index (κ1) is 16.2. The summed E-state index contributed by atoms with van der Waals surface area (Å²) in [7, 11) is 5.05. The summed E-state index contributed by atoms with van der Waals surface area (Å²) >= 11 is 0. The van der Waals surface area contributed by atoms with Crippen molar-refractivity contribution in [1.29, 1.82) is 0 Å². The van der Waals surface area contributed by atoms with Gasteiger partial charge in [0.1, 0.15) is 0 Å². The minimum Gasteiger partial charge on any atom is -0.481 e. The monoisotopic (exact) mass is 298 g/mol. The van der Waals surface area contributed by atoms with Gasteiger partial charge in [-0.25, -0.2) is 9.59 Å². The molecule has 21 heavy (non-hydrogen) atoms. The third-order valence-electron chi connectivity index (χ3n) is 2.11. The van der Waals surface area contributed by atoms with E-state index in [-0.39, 0.29) is 17.8 Å². The van der Waals surface area contributed by atoms with Gasteiger partial charge in [-0.2, -0.15) is 9.97 Å². The molecule has 1 aromatic rings. The van der Waals surface area contributed by atoms with Crippen LogP contribution in [-0.4, -0.2) is 50.3 Å². The third-order valence-corrected chi connectivity index (χ3v) is 2.11. The van der Waals surface area contributed by atoms with Crippen molar-refractivity contribution >= 4 is 11.9 Å². The van der Waals surface area contributed by atoms with Gasteiger partial charge < -0.3 is 23.7 Å². The molecule has 1 aromatic heterocycles. The molecule has 1 heterocycles. The molecule has 0 saturated carbocycles. The number of esters is 2. The average Bonchev–Trinajstić information content (AvgIpc) is 2.52. The second-order valence-corrected chi connectivity index (χ2v) is 3.36. The fourth-order valence-corrected chi connectivity index (χ4v) is 1.13. The molecular weight excluding hydrogens is 284 g/mol.